The monoisotopic (exact) mass is 280 g/mol. The molecule has 1 rings (SSSR count). The molecule has 0 heterocycles. The zero-order valence-corrected chi connectivity index (χ0v) is 12.9. The highest BCUT2D eigenvalue weighted by Crippen LogP contribution is 2.21. The van der Waals surface area contributed by atoms with Crippen molar-refractivity contribution in [1.29, 1.82) is 0 Å². The van der Waals surface area contributed by atoms with Crippen molar-refractivity contribution < 1.29 is 4.79 Å². The number of carbonyl (C=O) groups is 1. The van der Waals surface area contributed by atoms with E-state index in [0.29, 0.717) is 11.4 Å². The molecule has 0 atom stereocenters. The lowest BCUT2D eigenvalue weighted by Crippen LogP contribution is -2.02. The molecule has 0 bridgehead atoms. The highest BCUT2D eigenvalue weighted by Gasteiger charge is 2.10. The Morgan fingerprint density at radius 1 is 1.05 bits per heavy atom. The molecule has 0 saturated carbocycles. The maximum Gasteiger partial charge on any atom is 0.163 e. The Morgan fingerprint density at radius 3 is 2.37 bits per heavy atom. The zero-order chi connectivity index (χ0) is 14.1. The third kappa shape index (κ3) is 5.78. The molecule has 0 aliphatic rings. The number of rotatable bonds is 9. The van der Waals surface area contributed by atoms with Gasteiger partial charge < -0.3 is 0 Å². The van der Waals surface area contributed by atoms with E-state index in [4.69, 9.17) is 11.6 Å². The van der Waals surface area contributed by atoms with Crippen LogP contribution in [0.25, 0.3) is 0 Å². The summed E-state index contributed by atoms with van der Waals surface area (Å²) in [4.78, 5) is 12.1. The average Bonchev–Trinajstić information content (AvgIpc) is 2.40. The molecule has 1 aromatic rings. The quantitative estimate of drug-likeness (QED) is 0.402. The standard InChI is InChI=1S/C17H25ClO/c1-3-4-5-6-7-8-9-13-17(19)15-11-10-12-16(18)14(15)2/h10-12H,3-9,13H2,1-2H3. The third-order valence-electron chi connectivity index (χ3n) is 3.58. The summed E-state index contributed by atoms with van der Waals surface area (Å²) in [5.41, 5.74) is 1.70. The Balaban J connectivity index is 2.26. The molecule has 0 saturated heterocycles. The number of unbranched alkanes of at least 4 members (excludes halogenated alkanes) is 6. The molecule has 0 aliphatic heterocycles. The van der Waals surface area contributed by atoms with Crippen LogP contribution in [-0.2, 0) is 0 Å². The molecule has 0 amide bonds. The lowest BCUT2D eigenvalue weighted by atomic mass is 10.00. The van der Waals surface area contributed by atoms with Crippen LogP contribution in [0.2, 0.25) is 5.02 Å². The van der Waals surface area contributed by atoms with Crippen molar-refractivity contribution >= 4 is 17.4 Å². The van der Waals surface area contributed by atoms with Crippen molar-refractivity contribution in [1.82, 2.24) is 0 Å². The van der Waals surface area contributed by atoms with Gasteiger partial charge in [0.1, 0.15) is 0 Å². The molecule has 1 nitrogen and oxygen atoms in total. The summed E-state index contributed by atoms with van der Waals surface area (Å²) >= 11 is 6.04. The summed E-state index contributed by atoms with van der Waals surface area (Å²) in [6.45, 7) is 4.15. The Labute approximate surface area is 122 Å². The van der Waals surface area contributed by atoms with Crippen LogP contribution in [-0.4, -0.2) is 5.78 Å². The van der Waals surface area contributed by atoms with Crippen LogP contribution in [0.1, 0.15) is 74.2 Å². The van der Waals surface area contributed by atoms with Gasteiger partial charge in [0.25, 0.3) is 0 Å². The normalized spacial score (nSPS) is 10.7. The van der Waals surface area contributed by atoms with Crippen molar-refractivity contribution in [2.45, 2.75) is 65.2 Å². The first-order chi connectivity index (χ1) is 9.16. The summed E-state index contributed by atoms with van der Waals surface area (Å²) in [7, 11) is 0. The molecular formula is C17H25ClO. The minimum atomic E-state index is 0.230. The molecule has 2 heteroatoms. The zero-order valence-electron chi connectivity index (χ0n) is 12.2. The minimum Gasteiger partial charge on any atom is -0.294 e. The second-order valence-corrected chi connectivity index (χ2v) is 5.61. The fraction of sp³-hybridized carbons (Fsp3) is 0.588. The Kier molecular flexibility index (Phi) is 7.81. The molecule has 0 aromatic heterocycles. The lowest BCUT2D eigenvalue weighted by Gasteiger charge is -2.06. The maximum absolute atomic E-state index is 12.1. The number of Topliss-reactive ketones (excluding diaryl/α,β-unsaturated/α-hetero) is 1. The Morgan fingerprint density at radius 2 is 1.68 bits per heavy atom. The van der Waals surface area contributed by atoms with Crippen molar-refractivity contribution in [2.24, 2.45) is 0 Å². The van der Waals surface area contributed by atoms with E-state index in [1.807, 2.05) is 25.1 Å². The van der Waals surface area contributed by atoms with Crippen LogP contribution in [0.3, 0.4) is 0 Å². The summed E-state index contributed by atoms with van der Waals surface area (Å²) in [5, 5.41) is 0.686. The topological polar surface area (TPSA) is 17.1 Å². The van der Waals surface area contributed by atoms with E-state index in [2.05, 4.69) is 6.92 Å². The molecule has 0 aliphatic carbocycles. The van der Waals surface area contributed by atoms with Gasteiger partial charge >= 0.3 is 0 Å². The minimum absolute atomic E-state index is 0.230. The number of hydrogen-bond acceptors (Lipinski definition) is 1. The first-order valence-electron chi connectivity index (χ1n) is 7.45. The summed E-state index contributed by atoms with van der Waals surface area (Å²) in [5.74, 6) is 0.230. The van der Waals surface area contributed by atoms with E-state index in [1.165, 1.54) is 32.1 Å². The van der Waals surface area contributed by atoms with E-state index in [1.54, 1.807) is 0 Å². The van der Waals surface area contributed by atoms with Gasteiger partial charge in [-0.15, -0.1) is 0 Å². The predicted octanol–water partition coefficient (Wildman–Crippen LogP) is 5.97. The predicted molar refractivity (Wildman–Crippen MR) is 83.1 cm³/mol. The van der Waals surface area contributed by atoms with Crippen molar-refractivity contribution in [3.63, 3.8) is 0 Å². The largest absolute Gasteiger partial charge is 0.294 e. The van der Waals surface area contributed by atoms with Crippen LogP contribution >= 0.6 is 11.6 Å². The van der Waals surface area contributed by atoms with Crippen LogP contribution in [0.4, 0.5) is 0 Å². The van der Waals surface area contributed by atoms with Gasteiger partial charge in [0, 0.05) is 17.0 Å². The average molecular weight is 281 g/mol. The highest BCUT2D eigenvalue weighted by molar-refractivity contribution is 6.31. The van der Waals surface area contributed by atoms with Crippen LogP contribution in [0.5, 0.6) is 0 Å². The molecular weight excluding hydrogens is 256 g/mol. The van der Waals surface area contributed by atoms with Gasteiger partial charge in [-0.2, -0.15) is 0 Å². The van der Waals surface area contributed by atoms with Crippen LogP contribution in [0.15, 0.2) is 18.2 Å². The number of halogens is 1. The van der Waals surface area contributed by atoms with E-state index >= 15 is 0 Å². The van der Waals surface area contributed by atoms with E-state index in [9.17, 15) is 4.79 Å². The summed E-state index contributed by atoms with van der Waals surface area (Å²) in [6, 6.07) is 5.57. The van der Waals surface area contributed by atoms with E-state index in [-0.39, 0.29) is 5.78 Å². The second-order valence-electron chi connectivity index (χ2n) is 5.21. The fourth-order valence-corrected chi connectivity index (χ4v) is 2.46. The molecule has 0 radical (unpaired) electrons. The van der Waals surface area contributed by atoms with Crippen molar-refractivity contribution in [3.8, 4) is 0 Å². The van der Waals surface area contributed by atoms with Gasteiger partial charge in [-0.3, -0.25) is 4.79 Å². The SMILES string of the molecule is CCCCCCCCCC(=O)c1cccc(Cl)c1C. The molecule has 0 unspecified atom stereocenters. The lowest BCUT2D eigenvalue weighted by molar-refractivity contribution is 0.0978. The Hall–Kier alpha value is -0.820. The third-order valence-corrected chi connectivity index (χ3v) is 3.98. The maximum atomic E-state index is 12.1. The number of ketones is 1. The molecule has 0 fully saturated rings. The number of hydrogen-bond donors (Lipinski definition) is 0. The van der Waals surface area contributed by atoms with Crippen LogP contribution in [0, 0.1) is 6.92 Å². The first-order valence-corrected chi connectivity index (χ1v) is 7.83. The van der Waals surface area contributed by atoms with Gasteiger partial charge in [0.2, 0.25) is 0 Å². The van der Waals surface area contributed by atoms with Crippen molar-refractivity contribution in [2.75, 3.05) is 0 Å². The van der Waals surface area contributed by atoms with E-state index in [0.717, 1.165) is 24.0 Å². The van der Waals surface area contributed by atoms with Crippen molar-refractivity contribution in [3.05, 3.63) is 34.3 Å². The highest BCUT2D eigenvalue weighted by atomic mass is 35.5. The smallest absolute Gasteiger partial charge is 0.163 e. The molecule has 0 spiro atoms. The van der Waals surface area contributed by atoms with Gasteiger partial charge in [0.15, 0.2) is 5.78 Å². The molecule has 1 aromatic carbocycles. The van der Waals surface area contributed by atoms with Gasteiger partial charge in [-0.25, -0.2) is 0 Å². The molecule has 106 valence electrons. The number of carbonyl (C=O) groups excluding carboxylic acids is 1. The fourth-order valence-electron chi connectivity index (χ4n) is 2.29. The van der Waals surface area contributed by atoms with E-state index < -0.39 is 0 Å². The van der Waals surface area contributed by atoms with Gasteiger partial charge in [-0.1, -0.05) is 69.2 Å². The summed E-state index contributed by atoms with van der Waals surface area (Å²) < 4.78 is 0. The van der Waals surface area contributed by atoms with Gasteiger partial charge in [-0.05, 0) is 25.0 Å². The molecule has 19 heavy (non-hydrogen) atoms. The number of benzene rings is 1. The Bertz CT molecular complexity index is 398. The van der Waals surface area contributed by atoms with Crippen LogP contribution < -0.4 is 0 Å². The molecule has 0 N–H and O–H groups in total. The first kappa shape index (κ1) is 16.2. The van der Waals surface area contributed by atoms with Gasteiger partial charge in [0.05, 0.1) is 0 Å². The second kappa shape index (κ2) is 9.14. The summed E-state index contributed by atoms with van der Waals surface area (Å²) in [6.07, 6.45) is 9.31.